The van der Waals surface area contributed by atoms with Crippen molar-refractivity contribution < 1.29 is 27.5 Å². The summed E-state index contributed by atoms with van der Waals surface area (Å²) in [7, 11) is -1.31. The minimum Gasteiger partial charge on any atom is -0.493 e. The maximum absolute atomic E-state index is 13.2. The van der Waals surface area contributed by atoms with E-state index >= 15 is 0 Å². The third-order valence-corrected chi connectivity index (χ3v) is 6.87. The van der Waals surface area contributed by atoms with Gasteiger partial charge in [-0.05, 0) is 55.5 Å². The molecule has 0 saturated carbocycles. The van der Waals surface area contributed by atoms with Gasteiger partial charge >= 0.3 is 5.97 Å². The molecule has 0 fully saturated rings. The molecule has 0 spiro atoms. The van der Waals surface area contributed by atoms with E-state index in [2.05, 4.69) is 15.4 Å². The summed E-state index contributed by atoms with van der Waals surface area (Å²) in [5, 5.41) is 5.72. The highest BCUT2D eigenvalue weighted by Gasteiger charge is 2.25. The highest BCUT2D eigenvalue weighted by Crippen LogP contribution is 2.38. The number of aryl methyl sites for hydroxylation is 1. The molecule has 0 aliphatic carbocycles. The van der Waals surface area contributed by atoms with Gasteiger partial charge in [-0.25, -0.2) is 13.2 Å². The number of sulfone groups is 1. The van der Waals surface area contributed by atoms with Crippen molar-refractivity contribution in [1.29, 1.82) is 0 Å². The smallest absolute Gasteiger partial charge is 0.337 e. The van der Waals surface area contributed by atoms with Crippen LogP contribution in [0.3, 0.4) is 0 Å². The molecule has 178 valence electrons. The van der Waals surface area contributed by atoms with Gasteiger partial charge in [0.25, 0.3) is 0 Å². The van der Waals surface area contributed by atoms with Crippen molar-refractivity contribution in [2.45, 2.75) is 16.7 Å². The van der Waals surface area contributed by atoms with E-state index < -0.39 is 21.7 Å². The number of nitrogens with one attached hydrogen (secondary N) is 2. The van der Waals surface area contributed by atoms with Gasteiger partial charge in [-0.3, -0.25) is 4.79 Å². The maximum Gasteiger partial charge on any atom is 0.337 e. The van der Waals surface area contributed by atoms with E-state index in [1.807, 2.05) is 6.92 Å². The molecule has 3 aromatic carbocycles. The predicted molar refractivity (Wildman–Crippen MR) is 130 cm³/mol. The summed E-state index contributed by atoms with van der Waals surface area (Å²) in [5.74, 6) is -0.847. The number of hydrogen-bond acceptors (Lipinski definition) is 7. The average molecular weight is 503 g/mol. The number of rotatable bonds is 8. The van der Waals surface area contributed by atoms with Crippen LogP contribution in [0.15, 0.2) is 70.5 Å². The molecule has 0 heterocycles. The third kappa shape index (κ3) is 5.67. The zero-order valence-corrected chi connectivity index (χ0v) is 20.3. The normalized spacial score (nSPS) is 10.9. The molecule has 0 saturated heterocycles. The van der Waals surface area contributed by atoms with Crippen LogP contribution in [0.1, 0.15) is 15.9 Å². The van der Waals surface area contributed by atoms with E-state index in [-0.39, 0.29) is 32.8 Å². The van der Waals surface area contributed by atoms with Crippen molar-refractivity contribution in [3.63, 3.8) is 0 Å². The summed E-state index contributed by atoms with van der Waals surface area (Å²) >= 11 is 6.20. The molecule has 3 aromatic rings. The molecule has 34 heavy (non-hydrogen) atoms. The molecule has 0 aromatic heterocycles. The Morgan fingerprint density at radius 2 is 1.62 bits per heavy atom. The van der Waals surface area contributed by atoms with E-state index in [0.717, 1.165) is 5.56 Å². The van der Waals surface area contributed by atoms with Crippen LogP contribution >= 0.6 is 11.6 Å². The molecule has 0 aliphatic heterocycles. The van der Waals surface area contributed by atoms with Gasteiger partial charge in [-0.15, -0.1) is 0 Å². The Hall–Kier alpha value is -3.56. The van der Waals surface area contributed by atoms with E-state index in [1.54, 1.807) is 24.3 Å². The van der Waals surface area contributed by atoms with Gasteiger partial charge < -0.3 is 20.1 Å². The first-order chi connectivity index (χ1) is 16.1. The molecule has 1 amide bonds. The zero-order chi connectivity index (χ0) is 24.9. The number of anilines is 2. The SMILES string of the molecule is COC(=O)c1ccc(NC(=O)CNc2cc(Cl)cc(S(=O)(=O)c3ccc(C)cc3)c2OC)cc1. The molecule has 0 bridgehead atoms. The van der Waals surface area contributed by atoms with E-state index in [4.69, 9.17) is 16.3 Å². The minimum atomic E-state index is -3.93. The summed E-state index contributed by atoms with van der Waals surface area (Å²) in [6, 6.07) is 15.4. The fourth-order valence-corrected chi connectivity index (χ4v) is 4.89. The number of amides is 1. The Kier molecular flexibility index (Phi) is 7.80. The van der Waals surface area contributed by atoms with Crippen molar-refractivity contribution in [3.05, 3.63) is 76.8 Å². The average Bonchev–Trinajstić information content (AvgIpc) is 2.82. The minimum absolute atomic E-state index is 0.0419. The number of carbonyl (C=O) groups is 2. The molecule has 0 atom stereocenters. The first-order valence-electron chi connectivity index (χ1n) is 10.1. The number of carbonyl (C=O) groups excluding carboxylic acids is 2. The number of esters is 1. The first-order valence-corrected chi connectivity index (χ1v) is 11.9. The monoisotopic (exact) mass is 502 g/mol. The molecule has 3 rings (SSSR count). The number of halogens is 1. The van der Waals surface area contributed by atoms with Crippen molar-refractivity contribution in [2.75, 3.05) is 31.4 Å². The van der Waals surface area contributed by atoms with Crippen LogP contribution in [-0.2, 0) is 19.4 Å². The number of benzene rings is 3. The Labute approximate surface area is 202 Å². The molecule has 0 radical (unpaired) electrons. The summed E-state index contributed by atoms with van der Waals surface area (Å²) < 4.78 is 36.5. The number of hydrogen-bond donors (Lipinski definition) is 2. The molecule has 0 unspecified atom stereocenters. The van der Waals surface area contributed by atoms with Crippen molar-refractivity contribution in [1.82, 2.24) is 0 Å². The number of ether oxygens (including phenoxy) is 2. The van der Waals surface area contributed by atoms with Crippen LogP contribution < -0.4 is 15.4 Å². The van der Waals surface area contributed by atoms with Crippen LogP contribution in [0.5, 0.6) is 5.75 Å². The van der Waals surface area contributed by atoms with Gasteiger partial charge in [-0.2, -0.15) is 0 Å². The second-order valence-corrected chi connectivity index (χ2v) is 9.63. The highest BCUT2D eigenvalue weighted by molar-refractivity contribution is 7.91. The molecular weight excluding hydrogens is 480 g/mol. The molecular formula is C24H23ClN2O6S. The topological polar surface area (TPSA) is 111 Å². The fourth-order valence-electron chi connectivity index (χ4n) is 3.14. The zero-order valence-electron chi connectivity index (χ0n) is 18.7. The Balaban J connectivity index is 1.80. The summed E-state index contributed by atoms with van der Waals surface area (Å²) in [5.41, 5.74) is 1.99. The van der Waals surface area contributed by atoms with Gasteiger partial charge in [0.15, 0.2) is 5.75 Å². The Bertz CT molecular complexity index is 1310. The lowest BCUT2D eigenvalue weighted by molar-refractivity contribution is -0.114. The summed E-state index contributed by atoms with van der Waals surface area (Å²) in [6.45, 7) is 1.66. The van der Waals surface area contributed by atoms with Crippen LogP contribution in [0.4, 0.5) is 11.4 Å². The summed E-state index contributed by atoms with van der Waals surface area (Å²) in [6.07, 6.45) is 0. The lowest BCUT2D eigenvalue weighted by atomic mass is 10.2. The van der Waals surface area contributed by atoms with Gasteiger partial charge in [-0.1, -0.05) is 29.3 Å². The van der Waals surface area contributed by atoms with Crippen molar-refractivity contribution >= 4 is 44.7 Å². The van der Waals surface area contributed by atoms with E-state index in [9.17, 15) is 18.0 Å². The fraction of sp³-hybridized carbons (Fsp3) is 0.167. The van der Waals surface area contributed by atoms with Gasteiger partial charge in [0.05, 0.1) is 36.9 Å². The maximum atomic E-state index is 13.2. The lowest BCUT2D eigenvalue weighted by Crippen LogP contribution is -2.22. The molecule has 10 heteroatoms. The predicted octanol–water partition coefficient (Wildman–Crippen LogP) is 4.33. The van der Waals surface area contributed by atoms with Crippen LogP contribution in [-0.4, -0.2) is 41.1 Å². The molecule has 2 N–H and O–H groups in total. The highest BCUT2D eigenvalue weighted by atomic mass is 35.5. The van der Waals surface area contributed by atoms with Gasteiger partial charge in [0.2, 0.25) is 15.7 Å². The van der Waals surface area contributed by atoms with Crippen molar-refractivity contribution in [2.24, 2.45) is 0 Å². The van der Waals surface area contributed by atoms with Gasteiger partial charge in [0, 0.05) is 10.7 Å². The van der Waals surface area contributed by atoms with Crippen molar-refractivity contribution in [3.8, 4) is 5.75 Å². The van der Waals surface area contributed by atoms with E-state index in [0.29, 0.717) is 11.3 Å². The number of methoxy groups -OCH3 is 2. The summed E-state index contributed by atoms with van der Waals surface area (Å²) in [4.78, 5) is 23.9. The first kappa shape index (κ1) is 25.1. The third-order valence-electron chi connectivity index (χ3n) is 4.87. The van der Waals surface area contributed by atoms with Crippen LogP contribution in [0, 0.1) is 6.92 Å². The Morgan fingerprint density at radius 1 is 0.971 bits per heavy atom. The van der Waals surface area contributed by atoms with Crippen LogP contribution in [0.2, 0.25) is 5.02 Å². The quantitative estimate of drug-likeness (QED) is 0.441. The lowest BCUT2D eigenvalue weighted by Gasteiger charge is -2.16. The molecule has 0 aliphatic rings. The Morgan fingerprint density at radius 3 is 2.21 bits per heavy atom. The van der Waals surface area contributed by atoms with E-state index in [1.165, 1.54) is 50.6 Å². The standard InChI is InChI=1S/C24H23ClN2O6S/c1-15-4-10-19(11-5-15)34(30,31)21-13-17(25)12-20(23(21)32-2)26-14-22(28)27-18-8-6-16(7-9-18)24(29)33-3/h4-13,26H,14H2,1-3H3,(H,27,28). The largest absolute Gasteiger partial charge is 0.493 e. The second-order valence-electron chi connectivity index (χ2n) is 7.27. The molecule has 8 nitrogen and oxygen atoms in total. The van der Waals surface area contributed by atoms with Gasteiger partial charge in [0.1, 0.15) is 4.90 Å². The van der Waals surface area contributed by atoms with Crippen LogP contribution in [0.25, 0.3) is 0 Å². The second kappa shape index (κ2) is 10.6.